The highest BCUT2D eigenvalue weighted by molar-refractivity contribution is 5.93. The smallest absolute Gasteiger partial charge is 0.311 e. The third-order valence-corrected chi connectivity index (χ3v) is 4.88. The first kappa shape index (κ1) is 18.1. The first-order chi connectivity index (χ1) is 12.4. The number of carbonyl (C=O) groups excluding carboxylic acids is 1. The van der Waals surface area contributed by atoms with Crippen LogP contribution in [0.5, 0.6) is 0 Å². The first-order valence-electron chi connectivity index (χ1n) is 8.52. The molecule has 138 valence electrons. The predicted molar refractivity (Wildman–Crippen MR) is 93.3 cm³/mol. The molecule has 1 aromatic carbocycles. The summed E-state index contributed by atoms with van der Waals surface area (Å²) >= 11 is 0. The number of hydrogen-bond donors (Lipinski definition) is 2. The van der Waals surface area contributed by atoms with Crippen LogP contribution in [-0.4, -0.2) is 51.7 Å². The Labute approximate surface area is 151 Å². The second-order valence-corrected chi connectivity index (χ2v) is 6.65. The molecule has 1 aromatic heterocycles. The highest BCUT2D eigenvalue weighted by Gasteiger charge is 2.40. The Morgan fingerprint density at radius 2 is 1.88 bits per heavy atom. The van der Waals surface area contributed by atoms with Gasteiger partial charge in [0.2, 0.25) is 0 Å². The number of aryl methyl sites for hydroxylation is 1. The number of aromatic nitrogens is 3. The molecule has 8 nitrogen and oxygen atoms in total. The van der Waals surface area contributed by atoms with E-state index < -0.39 is 17.3 Å². The maximum Gasteiger partial charge on any atom is 0.311 e. The van der Waals surface area contributed by atoms with Gasteiger partial charge in [0.15, 0.2) is 5.69 Å². The summed E-state index contributed by atoms with van der Waals surface area (Å²) in [6.07, 6.45) is 0.745. The normalized spacial score (nSPS) is 16.2. The van der Waals surface area contributed by atoms with Crippen molar-refractivity contribution in [2.75, 3.05) is 19.8 Å². The summed E-state index contributed by atoms with van der Waals surface area (Å²) in [5, 5.41) is 20.3. The molecule has 1 aliphatic heterocycles. The van der Waals surface area contributed by atoms with Gasteiger partial charge in [-0.3, -0.25) is 9.59 Å². The van der Waals surface area contributed by atoms with Gasteiger partial charge < -0.3 is 15.2 Å². The van der Waals surface area contributed by atoms with E-state index in [4.69, 9.17) is 4.74 Å². The van der Waals surface area contributed by atoms with Crippen LogP contribution < -0.4 is 5.32 Å². The second kappa shape index (κ2) is 7.25. The fourth-order valence-electron chi connectivity index (χ4n) is 3.03. The molecular weight excluding hydrogens is 336 g/mol. The zero-order chi connectivity index (χ0) is 18.7. The summed E-state index contributed by atoms with van der Waals surface area (Å²) < 4.78 is 6.84. The first-order valence-corrected chi connectivity index (χ1v) is 8.52. The Hall–Kier alpha value is -2.74. The molecule has 0 spiro atoms. The Kier molecular flexibility index (Phi) is 5.03. The minimum absolute atomic E-state index is 0.0430. The lowest BCUT2D eigenvalue weighted by Crippen LogP contribution is -2.46. The van der Waals surface area contributed by atoms with E-state index in [-0.39, 0.29) is 12.2 Å². The Bertz CT molecular complexity index is 807. The molecule has 0 aliphatic carbocycles. The van der Waals surface area contributed by atoms with Crippen molar-refractivity contribution in [2.24, 2.45) is 5.41 Å². The molecule has 3 rings (SSSR count). The maximum atomic E-state index is 12.5. The predicted octanol–water partition coefficient (Wildman–Crippen LogP) is 1.50. The summed E-state index contributed by atoms with van der Waals surface area (Å²) in [6.45, 7) is 4.55. The Morgan fingerprint density at radius 1 is 1.23 bits per heavy atom. The molecule has 1 aliphatic rings. The van der Waals surface area contributed by atoms with Crippen LogP contribution in [0.2, 0.25) is 0 Å². The van der Waals surface area contributed by atoms with Gasteiger partial charge in [0.1, 0.15) is 0 Å². The van der Waals surface area contributed by atoms with Crippen molar-refractivity contribution < 1.29 is 19.4 Å². The molecule has 1 saturated heterocycles. The van der Waals surface area contributed by atoms with Crippen molar-refractivity contribution in [3.63, 3.8) is 0 Å². The molecule has 26 heavy (non-hydrogen) atoms. The molecule has 0 saturated carbocycles. The number of hydrogen-bond acceptors (Lipinski definition) is 5. The van der Waals surface area contributed by atoms with Crippen molar-refractivity contribution in [3.8, 4) is 5.69 Å². The average Bonchev–Trinajstić information content (AvgIpc) is 3.02. The van der Waals surface area contributed by atoms with Gasteiger partial charge in [-0.2, -0.15) is 0 Å². The lowest BCUT2D eigenvalue weighted by Gasteiger charge is -2.33. The van der Waals surface area contributed by atoms with Crippen LogP contribution in [0, 0.1) is 19.3 Å². The number of carbonyl (C=O) groups is 2. The lowest BCUT2D eigenvalue weighted by molar-refractivity contribution is -0.154. The van der Waals surface area contributed by atoms with E-state index in [9.17, 15) is 14.7 Å². The number of nitrogens with zero attached hydrogens (tertiary/aromatic N) is 3. The van der Waals surface area contributed by atoms with Crippen molar-refractivity contribution in [2.45, 2.75) is 26.7 Å². The molecule has 0 unspecified atom stereocenters. The van der Waals surface area contributed by atoms with Gasteiger partial charge in [-0.25, -0.2) is 4.68 Å². The largest absolute Gasteiger partial charge is 0.481 e. The third kappa shape index (κ3) is 3.45. The molecule has 0 radical (unpaired) electrons. The summed E-state index contributed by atoms with van der Waals surface area (Å²) in [7, 11) is 0. The second-order valence-electron chi connectivity index (χ2n) is 6.65. The van der Waals surface area contributed by atoms with E-state index in [0.717, 1.165) is 11.3 Å². The highest BCUT2D eigenvalue weighted by Crippen LogP contribution is 2.30. The highest BCUT2D eigenvalue weighted by atomic mass is 16.5. The molecule has 8 heteroatoms. The van der Waals surface area contributed by atoms with E-state index in [1.54, 1.807) is 11.6 Å². The van der Waals surface area contributed by atoms with Gasteiger partial charge in [-0.15, -0.1) is 5.10 Å². The van der Waals surface area contributed by atoms with Gasteiger partial charge in [-0.1, -0.05) is 22.9 Å². The SMILES string of the molecule is Cc1ccc(-n2nnc(C(=O)NCC3(C(=O)O)CCOCC3)c2C)cc1. The summed E-state index contributed by atoms with van der Waals surface area (Å²) in [4.78, 5) is 24.2. The molecule has 1 fully saturated rings. The molecule has 0 bridgehead atoms. The van der Waals surface area contributed by atoms with E-state index in [0.29, 0.717) is 31.7 Å². The number of aliphatic carboxylic acids is 1. The van der Waals surface area contributed by atoms with Crippen LogP contribution in [0.15, 0.2) is 24.3 Å². The molecule has 0 atom stereocenters. The number of amides is 1. The van der Waals surface area contributed by atoms with Gasteiger partial charge >= 0.3 is 5.97 Å². The Balaban J connectivity index is 1.74. The molecule has 2 heterocycles. The lowest BCUT2D eigenvalue weighted by atomic mass is 9.80. The third-order valence-electron chi connectivity index (χ3n) is 4.88. The molecule has 2 N–H and O–H groups in total. The van der Waals surface area contributed by atoms with Gasteiger partial charge in [0.05, 0.1) is 16.8 Å². The van der Waals surface area contributed by atoms with Crippen LogP contribution in [0.25, 0.3) is 5.69 Å². The van der Waals surface area contributed by atoms with Crippen molar-refractivity contribution >= 4 is 11.9 Å². The standard InChI is InChI=1S/C18H22N4O4/c1-12-3-5-14(6-4-12)22-13(2)15(20-21-22)16(23)19-11-18(17(24)25)7-9-26-10-8-18/h3-6H,7-11H2,1-2H3,(H,19,23)(H,24,25). The van der Waals surface area contributed by atoms with Crippen LogP contribution in [0.1, 0.15) is 34.6 Å². The van der Waals surface area contributed by atoms with Crippen LogP contribution in [0.4, 0.5) is 0 Å². The van der Waals surface area contributed by atoms with Crippen LogP contribution in [0.3, 0.4) is 0 Å². The van der Waals surface area contributed by atoms with Crippen molar-refractivity contribution in [1.82, 2.24) is 20.3 Å². The van der Waals surface area contributed by atoms with E-state index in [1.165, 1.54) is 0 Å². The molecule has 2 aromatic rings. The number of rotatable bonds is 5. The monoisotopic (exact) mass is 358 g/mol. The van der Waals surface area contributed by atoms with E-state index in [1.807, 2.05) is 31.2 Å². The van der Waals surface area contributed by atoms with Crippen molar-refractivity contribution in [1.29, 1.82) is 0 Å². The maximum absolute atomic E-state index is 12.5. The number of ether oxygens (including phenoxy) is 1. The molecule has 1 amide bonds. The summed E-state index contributed by atoms with van der Waals surface area (Å²) in [5.74, 6) is -1.34. The Morgan fingerprint density at radius 3 is 2.50 bits per heavy atom. The van der Waals surface area contributed by atoms with Crippen LogP contribution in [-0.2, 0) is 9.53 Å². The zero-order valence-electron chi connectivity index (χ0n) is 14.9. The summed E-state index contributed by atoms with van der Waals surface area (Å²) in [5.41, 5.74) is 1.74. The van der Waals surface area contributed by atoms with Crippen LogP contribution >= 0.6 is 0 Å². The van der Waals surface area contributed by atoms with Gasteiger partial charge in [0, 0.05) is 19.8 Å². The zero-order valence-corrected chi connectivity index (χ0v) is 14.9. The number of carboxylic acid groups (broad SMARTS) is 1. The van der Waals surface area contributed by atoms with Crippen molar-refractivity contribution in [3.05, 3.63) is 41.2 Å². The van der Waals surface area contributed by atoms with E-state index >= 15 is 0 Å². The quantitative estimate of drug-likeness (QED) is 0.839. The minimum atomic E-state index is -0.991. The van der Waals surface area contributed by atoms with E-state index in [2.05, 4.69) is 15.6 Å². The fraction of sp³-hybridized carbons (Fsp3) is 0.444. The molecular formula is C18H22N4O4. The number of nitrogens with one attached hydrogen (secondary N) is 1. The average molecular weight is 358 g/mol. The topological polar surface area (TPSA) is 106 Å². The summed E-state index contributed by atoms with van der Waals surface area (Å²) in [6, 6.07) is 7.72. The van der Waals surface area contributed by atoms with Gasteiger partial charge in [-0.05, 0) is 38.8 Å². The van der Waals surface area contributed by atoms with Gasteiger partial charge in [0.25, 0.3) is 5.91 Å². The minimum Gasteiger partial charge on any atom is -0.481 e. The number of carboxylic acids is 1. The fourth-order valence-corrected chi connectivity index (χ4v) is 3.03. The number of benzene rings is 1.